The van der Waals surface area contributed by atoms with Crippen LogP contribution in [0.5, 0.6) is 0 Å². The normalized spacial score (nSPS) is 16.0. The lowest BCUT2D eigenvalue weighted by atomic mass is 10.2. The fraction of sp³-hybridized carbons (Fsp3) is 0.320. The van der Waals surface area contributed by atoms with Crippen molar-refractivity contribution in [3.63, 3.8) is 0 Å². The Bertz CT molecular complexity index is 1620. The van der Waals surface area contributed by atoms with Crippen molar-refractivity contribution in [3.8, 4) is 17.1 Å². The van der Waals surface area contributed by atoms with Crippen LogP contribution in [0.3, 0.4) is 0 Å². The Morgan fingerprint density at radius 2 is 1.83 bits per heavy atom. The van der Waals surface area contributed by atoms with Crippen LogP contribution in [-0.2, 0) is 24.2 Å². The molecule has 11 nitrogen and oxygen atoms in total. The Morgan fingerprint density at radius 3 is 2.49 bits per heavy atom. The van der Waals surface area contributed by atoms with Crippen LogP contribution in [0.1, 0.15) is 18.1 Å². The van der Waals surface area contributed by atoms with Gasteiger partial charge < -0.3 is 15.2 Å². The molecule has 1 aliphatic heterocycles. The van der Waals surface area contributed by atoms with Gasteiger partial charge in [-0.05, 0) is 42.8 Å². The zero-order valence-corrected chi connectivity index (χ0v) is 22.6. The van der Waals surface area contributed by atoms with Crippen molar-refractivity contribution in [2.75, 3.05) is 6.54 Å². The first-order chi connectivity index (χ1) is 19.5. The molecule has 1 unspecified atom stereocenters. The highest BCUT2D eigenvalue weighted by Crippen LogP contribution is 2.25. The van der Waals surface area contributed by atoms with E-state index in [4.69, 9.17) is 27.9 Å². The number of carbonyl (C=O) groups is 1. The summed E-state index contributed by atoms with van der Waals surface area (Å²) in [5.74, 6) is 0.484. The second-order valence-electron chi connectivity index (χ2n) is 9.19. The molecule has 0 saturated carbocycles. The van der Waals surface area contributed by atoms with Gasteiger partial charge in [0.1, 0.15) is 18.5 Å². The summed E-state index contributed by atoms with van der Waals surface area (Å²) >= 11 is 12.3. The maximum Gasteiger partial charge on any atom is 0.416 e. The van der Waals surface area contributed by atoms with Crippen molar-refractivity contribution in [1.29, 1.82) is 0 Å². The second kappa shape index (κ2) is 11.5. The van der Waals surface area contributed by atoms with Crippen molar-refractivity contribution >= 4 is 29.3 Å². The molecular weight excluding hydrogens is 590 g/mol. The standard InChI is InChI=1S/C25H22Cl2F3N7O4/c26-15-7-5-14(6-8-15)22-34-36(24(40)35(22)12-19(38)25(28,29)30)13-20-32-21(10-9-16-11-31-23(39)41-16)37(33-20)18-4-2-1-3-17(18)27/h1-8,16,19,38H,9-13H2,(H,31,39)/t16?,19-/m0/s1. The molecule has 0 spiro atoms. The zero-order chi connectivity index (χ0) is 29.3. The van der Waals surface area contributed by atoms with Gasteiger partial charge in [0.15, 0.2) is 17.8 Å². The Kier molecular flexibility index (Phi) is 8.07. The number of benzene rings is 2. The highest BCUT2D eigenvalue weighted by Gasteiger charge is 2.39. The quantitative estimate of drug-likeness (QED) is 0.296. The predicted octanol–water partition coefficient (Wildman–Crippen LogP) is 3.61. The molecule has 216 valence electrons. The van der Waals surface area contributed by atoms with E-state index in [9.17, 15) is 27.9 Å². The van der Waals surface area contributed by atoms with Gasteiger partial charge in [-0.15, -0.1) is 10.2 Å². The summed E-state index contributed by atoms with van der Waals surface area (Å²) in [6.45, 7) is -1.02. The topological polar surface area (TPSA) is 129 Å². The van der Waals surface area contributed by atoms with Gasteiger partial charge in [0, 0.05) is 17.0 Å². The molecule has 1 aliphatic rings. The molecule has 1 saturated heterocycles. The van der Waals surface area contributed by atoms with Gasteiger partial charge in [0.25, 0.3) is 0 Å². The molecule has 16 heteroatoms. The zero-order valence-electron chi connectivity index (χ0n) is 21.1. The first-order valence-electron chi connectivity index (χ1n) is 12.3. The average molecular weight is 612 g/mol. The van der Waals surface area contributed by atoms with Gasteiger partial charge in [-0.1, -0.05) is 35.3 Å². The van der Waals surface area contributed by atoms with Gasteiger partial charge in [0.05, 0.1) is 23.8 Å². The number of aliphatic hydroxyl groups excluding tert-OH is 1. The number of nitrogens with zero attached hydrogens (tertiary/aromatic N) is 6. The molecule has 0 radical (unpaired) electrons. The summed E-state index contributed by atoms with van der Waals surface area (Å²) < 4.78 is 47.9. The summed E-state index contributed by atoms with van der Waals surface area (Å²) in [5.41, 5.74) is -0.0788. The summed E-state index contributed by atoms with van der Waals surface area (Å²) in [6.07, 6.45) is -7.88. The lowest BCUT2D eigenvalue weighted by Crippen LogP contribution is -2.37. The third kappa shape index (κ3) is 6.39. The first kappa shape index (κ1) is 28.6. The monoisotopic (exact) mass is 611 g/mol. The largest absolute Gasteiger partial charge is 0.444 e. The molecule has 0 bridgehead atoms. The Labute approximate surface area is 240 Å². The van der Waals surface area contributed by atoms with E-state index in [-0.39, 0.29) is 24.3 Å². The van der Waals surface area contributed by atoms with E-state index in [2.05, 4.69) is 20.5 Å². The molecule has 2 aromatic heterocycles. The number of hydrogen-bond donors (Lipinski definition) is 2. The molecule has 41 heavy (non-hydrogen) atoms. The highest BCUT2D eigenvalue weighted by molar-refractivity contribution is 6.32. The maximum absolute atomic E-state index is 13.3. The van der Waals surface area contributed by atoms with Gasteiger partial charge in [-0.2, -0.15) is 13.2 Å². The average Bonchev–Trinajstić information content (AvgIpc) is 3.61. The van der Waals surface area contributed by atoms with E-state index in [0.717, 1.165) is 9.25 Å². The Morgan fingerprint density at radius 1 is 1.10 bits per heavy atom. The van der Waals surface area contributed by atoms with Crippen molar-refractivity contribution < 1.29 is 27.8 Å². The number of ether oxygens (including phenoxy) is 1. The van der Waals surface area contributed by atoms with E-state index >= 15 is 0 Å². The van der Waals surface area contributed by atoms with Crippen LogP contribution in [0, 0.1) is 0 Å². The lowest BCUT2D eigenvalue weighted by molar-refractivity contribution is -0.207. The molecular formula is C25H22Cl2F3N7O4. The molecule has 2 atom stereocenters. The lowest BCUT2D eigenvalue weighted by Gasteiger charge is -2.15. The first-order valence-corrected chi connectivity index (χ1v) is 13.1. The molecule has 3 heterocycles. The molecule has 5 rings (SSSR count). The number of aliphatic hydroxyl groups is 1. The van der Waals surface area contributed by atoms with Crippen LogP contribution < -0.4 is 11.0 Å². The molecule has 4 aromatic rings. The van der Waals surface area contributed by atoms with Crippen molar-refractivity contribution in [1.82, 2.24) is 34.4 Å². The van der Waals surface area contributed by atoms with Crippen molar-refractivity contribution in [2.45, 2.75) is 44.3 Å². The molecule has 1 amide bonds. The maximum atomic E-state index is 13.3. The number of rotatable bonds is 9. The van der Waals surface area contributed by atoms with Gasteiger partial charge >= 0.3 is 18.0 Å². The number of para-hydroxylation sites is 1. The van der Waals surface area contributed by atoms with Crippen LogP contribution >= 0.6 is 23.2 Å². The van der Waals surface area contributed by atoms with E-state index in [1.54, 1.807) is 24.3 Å². The summed E-state index contributed by atoms with van der Waals surface area (Å²) in [4.78, 5) is 29.2. The number of carbonyl (C=O) groups excluding carboxylic acids is 1. The molecule has 0 aliphatic carbocycles. The minimum atomic E-state index is -4.95. The van der Waals surface area contributed by atoms with Crippen molar-refractivity contribution in [3.05, 3.63) is 80.7 Å². The third-order valence-corrected chi connectivity index (χ3v) is 6.86. The number of hydrogen-bond acceptors (Lipinski definition) is 7. The number of halogens is 5. The van der Waals surface area contributed by atoms with E-state index < -0.39 is 30.6 Å². The fourth-order valence-corrected chi connectivity index (χ4v) is 4.59. The number of nitrogens with one attached hydrogen (secondary N) is 1. The highest BCUT2D eigenvalue weighted by atomic mass is 35.5. The Balaban J connectivity index is 1.50. The number of alkyl carbamates (subject to hydrolysis) is 1. The van der Waals surface area contributed by atoms with E-state index in [1.165, 1.54) is 28.9 Å². The number of aryl methyl sites for hydroxylation is 1. The van der Waals surface area contributed by atoms with Crippen LogP contribution in [0.25, 0.3) is 17.1 Å². The van der Waals surface area contributed by atoms with Crippen LogP contribution in [0.15, 0.2) is 53.3 Å². The number of aromatic nitrogens is 6. The molecule has 1 fully saturated rings. The van der Waals surface area contributed by atoms with Crippen LogP contribution in [-0.4, -0.2) is 65.2 Å². The van der Waals surface area contributed by atoms with Crippen LogP contribution in [0.4, 0.5) is 18.0 Å². The summed E-state index contributed by atoms with van der Waals surface area (Å²) in [5, 5.41) is 21.8. The predicted molar refractivity (Wildman–Crippen MR) is 141 cm³/mol. The van der Waals surface area contributed by atoms with Crippen LogP contribution in [0.2, 0.25) is 10.0 Å². The molecule has 2 aromatic carbocycles. The number of cyclic esters (lactones) is 1. The fourth-order valence-electron chi connectivity index (χ4n) is 4.25. The minimum Gasteiger partial charge on any atom is -0.444 e. The van der Waals surface area contributed by atoms with E-state index in [1.807, 2.05) is 0 Å². The smallest absolute Gasteiger partial charge is 0.416 e. The molecule has 2 N–H and O–H groups in total. The van der Waals surface area contributed by atoms with Gasteiger partial charge in [-0.25, -0.2) is 23.9 Å². The SMILES string of the molecule is O=C1NCC(CCc2nc(Cn3nc(-c4ccc(Cl)cc4)n(C[C@H](O)C(F)(F)F)c3=O)nn2-c2ccccc2Cl)O1. The minimum absolute atomic E-state index is 0.101. The number of amides is 1. The van der Waals surface area contributed by atoms with Gasteiger partial charge in [-0.3, -0.25) is 4.57 Å². The van der Waals surface area contributed by atoms with Gasteiger partial charge in [0.2, 0.25) is 0 Å². The summed E-state index contributed by atoms with van der Waals surface area (Å²) in [6, 6.07) is 12.9. The third-order valence-electron chi connectivity index (χ3n) is 6.29. The number of alkyl halides is 3. The second-order valence-corrected chi connectivity index (χ2v) is 10.0. The van der Waals surface area contributed by atoms with Crippen molar-refractivity contribution in [2.24, 2.45) is 0 Å². The Hall–Kier alpha value is -3.88. The van der Waals surface area contributed by atoms with E-state index in [0.29, 0.717) is 46.5 Å². The summed E-state index contributed by atoms with van der Waals surface area (Å²) in [7, 11) is 0.